The third kappa shape index (κ3) is 3.04. The van der Waals surface area contributed by atoms with Gasteiger partial charge in [0.1, 0.15) is 16.8 Å². The minimum absolute atomic E-state index is 0.0167. The number of hydrogen-bond donors (Lipinski definition) is 1. The SMILES string of the molecule is CCC(C)(F)C1(OC)CN(CCc2nc3c4ccc5c(c4nc(N)n3n2)OC(F)(F)O5)C1. The Bertz CT molecular complexity index is 1210. The summed E-state index contributed by atoms with van der Waals surface area (Å²) in [6.45, 7) is 4.93. The van der Waals surface area contributed by atoms with Crippen molar-refractivity contribution in [1.82, 2.24) is 24.5 Å². The second-order valence-corrected chi connectivity index (χ2v) is 8.40. The minimum Gasteiger partial charge on any atom is -0.395 e. The van der Waals surface area contributed by atoms with E-state index in [1.807, 2.05) is 0 Å². The molecular formula is C20H23F3N6O3. The normalized spacial score (nSPS) is 21.1. The number of benzene rings is 1. The van der Waals surface area contributed by atoms with E-state index in [2.05, 4.69) is 29.4 Å². The zero-order valence-corrected chi connectivity index (χ0v) is 17.9. The molecule has 2 aromatic heterocycles. The number of hydrogen-bond acceptors (Lipinski definition) is 8. The van der Waals surface area contributed by atoms with Gasteiger partial charge in [-0.25, -0.2) is 14.4 Å². The van der Waals surface area contributed by atoms with E-state index in [0.717, 1.165) is 0 Å². The monoisotopic (exact) mass is 452 g/mol. The van der Waals surface area contributed by atoms with Crippen molar-refractivity contribution < 1.29 is 27.4 Å². The first kappa shape index (κ1) is 21.0. The average Bonchev–Trinajstić information content (AvgIpc) is 3.27. The third-order valence-electron chi connectivity index (χ3n) is 6.49. The fraction of sp³-hybridized carbons (Fsp3) is 0.550. The lowest BCUT2D eigenvalue weighted by Gasteiger charge is -2.54. The number of ether oxygens (including phenoxy) is 3. The van der Waals surface area contributed by atoms with Crippen LogP contribution in [0.1, 0.15) is 26.1 Å². The van der Waals surface area contributed by atoms with E-state index in [1.54, 1.807) is 19.9 Å². The predicted molar refractivity (Wildman–Crippen MR) is 109 cm³/mol. The van der Waals surface area contributed by atoms with Crippen molar-refractivity contribution >= 4 is 22.5 Å². The van der Waals surface area contributed by atoms with Crippen LogP contribution >= 0.6 is 0 Å². The fourth-order valence-electron chi connectivity index (χ4n) is 4.33. The standard InChI is InChI=1S/C20H23F3N6O3/c1-4-18(2,21)19(30-3)9-28(10-19)8-7-13-25-16-11-5-6-12-15(32-20(22,23)31-12)14(11)26-17(24)29(16)27-13/h5-6H,4,7-10H2,1-3H3,(H2,24,26). The van der Waals surface area contributed by atoms with Crippen molar-refractivity contribution in [3.63, 3.8) is 0 Å². The van der Waals surface area contributed by atoms with E-state index < -0.39 is 17.6 Å². The molecular weight excluding hydrogens is 429 g/mol. The summed E-state index contributed by atoms with van der Waals surface area (Å²) in [5.41, 5.74) is 4.27. The Kier molecular flexibility index (Phi) is 4.48. The average molecular weight is 452 g/mol. The van der Waals surface area contributed by atoms with Crippen LogP contribution in [0.25, 0.3) is 16.6 Å². The van der Waals surface area contributed by atoms with Crippen LogP contribution in [0.4, 0.5) is 19.1 Å². The molecule has 2 N–H and O–H groups in total. The number of aromatic nitrogens is 4. The van der Waals surface area contributed by atoms with Crippen molar-refractivity contribution in [2.24, 2.45) is 0 Å². The first-order valence-corrected chi connectivity index (χ1v) is 10.3. The van der Waals surface area contributed by atoms with E-state index >= 15 is 0 Å². The van der Waals surface area contributed by atoms with Crippen LogP contribution in [0.3, 0.4) is 0 Å². The molecule has 5 rings (SSSR count). The first-order valence-electron chi connectivity index (χ1n) is 10.3. The van der Waals surface area contributed by atoms with E-state index in [1.165, 1.54) is 17.7 Å². The van der Waals surface area contributed by atoms with Gasteiger partial charge in [-0.3, -0.25) is 4.90 Å². The maximum atomic E-state index is 14.9. The number of nitrogen functional groups attached to an aromatic ring is 1. The van der Waals surface area contributed by atoms with Crippen molar-refractivity contribution in [1.29, 1.82) is 0 Å². The molecule has 0 bridgehead atoms. The molecule has 1 aromatic carbocycles. The molecule has 1 saturated heterocycles. The van der Waals surface area contributed by atoms with Crippen molar-refractivity contribution in [2.75, 3.05) is 32.5 Å². The number of alkyl halides is 3. The van der Waals surface area contributed by atoms with Gasteiger partial charge in [0.05, 0.1) is 0 Å². The molecule has 1 atom stereocenters. The highest BCUT2D eigenvalue weighted by Crippen LogP contribution is 2.45. The zero-order chi connectivity index (χ0) is 22.9. The van der Waals surface area contributed by atoms with Gasteiger partial charge in [-0.15, -0.1) is 13.9 Å². The lowest BCUT2D eigenvalue weighted by molar-refractivity contribution is -0.286. The lowest BCUT2D eigenvalue weighted by Crippen LogP contribution is -2.71. The van der Waals surface area contributed by atoms with Crippen LogP contribution in [0.2, 0.25) is 0 Å². The van der Waals surface area contributed by atoms with Crippen LogP contribution in [-0.4, -0.2) is 68.8 Å². The van der Waals surface area contributed by atoms with Gasteiger partial charge in [0, 0.05) is 38.6 Å². The molecule has 0 saturated carbocycles. The number of likely N-dealkylation sites (tertiary alicyclic amines) is 1. The predicted octanol–water partition coefficient (Wildman–Crippen LogP) is 2.56. The summed E-state index contributed by atoms with van der Waals surface area (Å²) >= 11 is 0. The first-order chi connectivity index (χ1) is 15.1. The number of anilines is 1. The Balaban J connectivity index is 1.38. The molecule has 4 heterocycles. The molecule has 32 heavy (non-hydrogen) atoms. The fourth-order valence-corrected chi connectivity index (χ4v) is 4.33. The summed E-state index contributed by atoms with van der Waals surface area (Å²) in [5.74, 6) is 0.178. The maximum Gasteiger partial charge on any atom is 0.586 e. The minimum atomic E-state index is -3.76. The second-order valence-electron chi connectivity index (χ2n) is 8.40. The van der Waals surface area contributed by atoms with Crippen molar-refractivity contribution in [3.8, 4) is 11.5 Å². The molecule has 0 radical (unpaired) electrons. The van der Waals surface area contributed by atoms with Gasteiger partial charge in [0.15, 0.2) is 23.0 Å². The Morgan fingerprint density at radius 3 is 2.69 bits per heavy atom. The summed E-state index contributed by atoms with van der Waals surface area (Å²) in [5, 5.41) is 4.86. The van der Waals surface area contributed by atoms with Crippen LogP contribution in [0.15, 0.2) is 12.1 Å². The number of fused-ring (bicyclic) bond motifs is 5. The van der Waals surface area contributed by atoms with Gasteiger partial charge in [-0.2, -0.15) is 4.52 Å². The largest absolute Gasteiger partial charge is 0.586 e. The van der Waals surface area contributed by atoms with Gasteiger partial charge in [0.25, 0.3) is 0 Å². The van der Waals surface area contributed by atoms with E-state index in [0.29, 0.717) is 49.3 Å². The number of halogens is 3. The number of rotatable bonds is 6. The van der Waals surface area contributed by atoms with Gasteiger partial charge < -0.3 is 19.9 Å². The van der Waals surface area contributed by atoms with Gasteiger partial charge in [0.2, 0.25) is 5.95 Å². The molecule has 2 aliphatic rings. The Morgan fingerprint density at radius 2 is 2.00 bits per heavy atom. The summed E-state index contributed by atoms with van der Waals surface area (Å²) in [4.78, 5) is 10.8. The molecule has 0 spiro atoms. The molecule has 12 heteroatoms. The Hall–Kier alpha value is -2.86. The highest BCUT2D eigenvalue weighted by Gasteiger charge is 2.56. The quantitative estimate of drug-likeness (QED) is 0.609. The van der Waals surface area contributed by atoms with E-state index in [4.69, 9.17) is 10.5 Å². The molecule has 3 aromatic rings. The highest BCUT2D eigenvalue weighted by molar-refractivity contribution is 5.97. The van der Waals surface area contributed by atoms with Crippen LogP contribution in [-0.2, 0) is 11.2 Å². The van der Waals surface area contributed by atoms with Crippen LogP contribution in [0, 0.1) is 0 Å². The molecule has 1 unspecified atom stereocenters. The molecule has 2 aliphatic heterocycles. The molecule has 172 valence electrons. The maximum absolute atomic E-state index is 14.9. The third-order valence-corrected chi connectivity index (χ3v) is 6.49. The number of nitrogens with zero attached hydrogens (tertiary/aromatic N) is 5. The smallest absolute Gasteiger partial charge is 0.395 e. The van der Waals surface area contributed by atoms with Gasteiger partial charge >= 0.3 is 6.29 Å². The molecule has 1 fully saturated rings. The summed E-state index contributed by atoms with van der Waals surface area (Å²) < 4.78 is 57.8. The number of methoxy groups -OCH3 is 1. The summed E-state index contributed by atoms with van der Waals surface area (Å²) in [6, 6.07) is 2.94. The lowest BCUT2D eigenvalue weighted by atomic mass is 9.77. The van der Waals surface area contributed by atoms with Crippen molar-refractivity contribution in [2.45, 2.75) is 44.3 Å². The van der Waals surface area contributed by atoms with E-state index in [-0.39, 0.29) is 23.0 Å². The topological polar surface area (TPSA) is 100 Å². The van der Waals surface area contributed by atoms with Gasteiger partial charge in [-0.05, 0) is 25.5 Å². The van der Waals surface area contributed by atoms with Crippen LogP contribution < -0.4 is 15.2 Å². The van der Waals surface area contributed by atoms with Crippen molar-refractivity contribution in [3.05, 3.63) is 18.0 Å². The van der Waals surface area contributed by atoms with Crippen LogP contribution in [0.5, 0.6) is 11.5 Å². The zero-order valence-electron chi connectivity index (χ0n) is 17.9. The highest BCUT2D eigenvalue weighted by atomic mass is 19.3. The molecule has 0 aliphatic carbocycles. The summed E-state index contributed by atoms with van der Waals surface area (Å²) in [6.07, 6.45) is -2.91. The molecule has 9 nitrogen and oxygen atoms in total. The molecule has 0 amide bonds. The number of nitrogens with two attached hydrogens (primary N) is 1. The Morgan fingerprint density at radius 1 is 1.25 bits per heavy atom. The Labute approximate surface area is 181 Å². The van der Waals surface area contributed by atoms with E-state index in [9.17, 15) is 13.2 Å². The second kappa shape index (κ2) is 6.82. The summed E-state index contributed by atoms with van der Waals surface area (Å²) in [7, 11) is 1.54. The van der Waals surface area contributed by atoms with Gasteiger partial charge in [-0.1, -0.05) is 6.92 Å².